The van der Waals surface area contributed by atoms with Gasteiger partial charge in [0.1, 0.15) is 0 Å². The molecule has 1 aromatic carbocycles. The lowest BCUT2D eigenvalue weighted by Crippen LogP contribution is -2.42. The summed E-state index contributed by atoms with van der Waals surface area (Å²) in [5.41, 5.74) is 0.0973. The van der Waals surface area contributed by atoms with Gasteiger partial charge in [0.05, 0.1) is 11.5 Å². The van der Waals surface area contributed by atoms with Crippen LogP contribution < -0.4 is 0 Å². The molecule has 1 saturated heterocycles. The number of hydrogen-bond donors (Lipinski definition) is 1. The van der Waals surface area contributed by atoms with E-state index in [1.165, 1.54) is 23.1 Å². The zero-order chi connectivity index (χ0) is 16.5. The molecule has 0 radical (unpaired) electrons. The van der Waals surface area contributed by atoms with Crippen LogP contribution in [0.15, 0.2) is 22.7 Å². The Morgan fingerprint density at radius 1 is 1.14 bits per heavy atom. The molecule has 120 valence electrons. The maximum Gasteiger partial charge on any atom is 0.391 e. The van der Waals surface area contributed by atoms with Gasteiger partial charge in [-0.05, 0) is 31.0 Å². The van der Waals surface area contributed by atoms with Crippen LogP contribution in [-0.2, 0) is 0 Å². The van der Waals surface area contributed by atoms with Crippen molar-refractivity contribution in [2.45, 2.75) is 19.0 Å². The number of likely N-dealkylation sites (tertiary alicyclic amines) is 1. The largest absolute Gasteiger partial charge is 0.478 e. The lowest BCUT2D eigenvalue weighted by Gasteiger charge is -2.33. The molecule has 0 aliphatic carbocycles. The Balaban J connectivity index is 2.12. The Bertz CT molecular complexity index is 595. The number of alkyl halides is 3. The number of halogens is 4. The molecule has 0 saturated carbocycles. The van der Waals surface area contributed by atoms with Gasteiger partial charge in [-0.25, -0.2) is 4.79 Å². The number of rotatable bonds is 2. The Kier molecular flexibility index (Phi) is 4.79. The molecule has 1 fully saturated rings. The van der Waals surface area contributed by atoms with Gasteiger partial charge >= 0.3 is 12.1 Å². The van der Waals surface area contributed by atoms with Gasteiger partial charge in [0, 0.05) is 23.1 Å². The van der Waals surface area contributed by atoms with E-state index < -0.39 is 24.0 Å². The normalized spacial score (nSPS) is 16.6. The van der Waals surface area contributed by atoms with E-state index in [-0.39, 0.29) is 37.1 Å². The summed E-state index contributed by atoms with van der Waals surface area (Å²) in [5, 5.41) is 8.98. The Labute approximate surface area is 133 Å². The fraction of sp³-hybridized carbons (Fsp3) is 0.429. The van der Waals surface area contributed by atoms with Crippen LogP contribution in [0.3, 0.4) is 0 Å². The molecule has 1 aromatic rings. The van der Waals surface area contributed by atoms with Gasteiger partial charge in [0.15, 0.2) is 0 Å². The maximum absolute atomic E-state index is 12.6. The third-order valence-corrected chi connectivity index (χ3v) is 4.09. The molecule has 0 spiro atoms. The van der Waals surface area contributed by atoms with Crippen molar-refractivity contribution in [3.05, 3.63) is 33.8 Å². The molecule has 2 rings (SSSR count). The minimum Gasteiger partial charge on any atom is -0.478 e. The molecule has 0 aromatic heterocycles. The van der Waals surface area contributed by atoms with Crippen LogP contribution in [0.4, 0.5) is 13.2 Å². The number of carbonyl (C=O) groups is 2. The molecule has 1 aliphatic rings. The van der Waals surface area contributed by atoms with Crippen LogP contribution in [0.5, 0.6) is 0 Å². The first-order valence-electron chi connectivity index (χ1n) is 6.58. The predicted octanol–water partition coefficient (Wildman–Crippen LogP) is 3.56. The Hall–Kier alpha value is -1.57. The van der Waals surface area contributed by atoms with Crippen LogP contribution in [0.25, 0.3) is 0 Å². The summed E-state index contributed by atoms with van der Waals surface area (Å²) in [6.07, 6.45) is -4.49. The zero-order valence-electron chi connectivity index (χ0n) is 11.4. The highest BCUT2D eigenvalue weighted by molar-refractivity contribution is 9.10. The van der Waals surface area contributed by atoms with Gasteiger partial charge in [-0.15, -0.1) is 0 Å². The predicted molar refractivity (Wildman–Crippen MR) is 75.8 cm³/mol. The molecule has 1 amide bonds. The van der Waals surface area contributed by atoms with Crippen molar-refractivity contribution < 1.29 is 27.9 Å². The minimum absolute atomic E-state index is 0.0118. The van der Waals surface area contributed by atoms with Crippen LogP contribution >= 0.6 is 15.9 Å². The number of amides is 1. The molecule has 4 nitrogen and oxygen atoms in total. The van der Waals surface area contributed by atoms with Crippen molar-refractivity contribution in [2.24, 2.45) is 5.92 Å². The molecule has 0 atom stereocenters. The number of piperidine rings is 1. The molecule has 22 heavy (non-hydrogen) atoms. The minimum atomic E-state index is -4.23. The van der Waals surface area contributed by atoms with Crippen LogP contribution in [0, 0.1) is 5.92 Å². The smallest absolute Gasteiger partial charge is 0.391 e. The van der Waals surface area contributed by atoms with Crippen LogP contribution in [0.1, 0.15) is 33.6 Å². The topological polar surface area (TPSA) is 57.6 Å². The molecule has 0 unspecified atom stereocenters. The van der Waals surface area contributed by atoms with Gasteiger partial charge in [0.25, 0.3) is 5.91 Å². The first kappa shape index (κ1) is 16.8. The van der Waals surface area contributed by atoms with E-state index in [1.807, 2.05) is 0 Å². The van der Waals surface area contributed by atoms with E-state index >= 15 is 0 Å². The molecular formula is C14H13BrF3NO3. The third kappa shape index (κ3) is 3.79. The quantitative estimate of drug-likeness (QED) is 0.854. The fourth-order valence-electron chi connectivity index (χ4n) is 2.43. The van der Waals surface area contributed by atoms with E-state index in [9.17, 15) is 22.8 Å². The first-order chi connectivity index (χ1) is 10.2. The summed E-state index contributed by atoms with van der Waals surface area (Å²) < 4.78 is 38.3. The zero-order valence-corrected chi connectivity index (χ0v) is 12.9. The molecule has 1 heterocycles. The Morgan fingerprint density at radius 3 is 2.18 bits per heavy atom. The standard InChI is InChI=1S/C14H13BrF3NO3/c15-11-6-8(5-9(7-11)13(21)22)12(20)19-3-1-10(2-4-19)14(16,17)18/h5-7,10H,1-4H2,(H,21,22). The van der Waals surface area contributed by atoms with E-state index in [0.717, 1.165) is 0 Å². The van der Waals surface area contributed by atoms with Crippen LogP contribution in [0.2, 0.25) is 0 Å². The number of aromatic carboxylic acids is 1. The van der Waals surface area contributed by atoms with Crippen LogP contribution in [-0.4, -0.2) is 41.1 Å². The van der Waals surface area contributed by atoms with Gasteiger partial charge in [-0.1, -0.05) is 15.9 Å². The average Bonchev–Trinajstić information content (AvgIpc) is 2.45. The first-order valence-corrected chi connectivity index (χ1v) is 7.37. The van der Waals surface area contributed by atoms with Crippen molar-refractivity contribution in [2.75, 3.05) is 13.1 Å². The number of benzene rings is 1. The average molecular weight is 380 g/mol. The fourth-order valence-corrected chi connectivity index (χ4v) is 2.92. The van der Waals surface area contributed by atoms with Crippen molar-refractivity contribution in [1.82, 2.24) is 4.90 Å². The monoisotopic (exact) mass is 379 g/mol. The van der Waals surface area contributed by atoms with E-state index in [0.29, 0.717) is 4.47 Å². The second-order valence-electron chi connectivity index (χ2n) is 5.14. The number of carboxylic acid groups (broad SMARTS) is 1. The van der Waals surface area contributed by atoms with Gasteiger partial charge in [-0.3, -0.25) is 4.79 Å². The lowest BCUT2D eigenvalue weighted by atomic mass is 9.95. The van der Waals surface area contributed by atoms with Gasteiger partial charge in [0.2, 0.25) is 0 Å². The number of carbonyl (C=O) groups excluding carboxylic acids is 1. The van der Waals surface area contributed by atoms with E-state index in [2.05, 4.69) is 15.9 Å². The van der Waals surface area contributed by atoms with Crippen molar-refractivity contribution >= 4 is 27.8 Å². The molecular weight excluding hydrogens is 367 g/mol. The highest BCUT2D eigenvalue weighted by Gasteiger charge is 2.41. The van der Waals surface area contributed by atoms with E-state index in [1.54, 1.807) is 0 Å². The summed E-state index contributed by atoms with van der Waals surface area (Å²) in [4.78, 5) is 24.6. The second-order valence-corrected chi connectivity index (χ2v) is 6.06. The maximum atomic E-state index is 12.6. The summed E-state index contributed by atoms with van der Waals surface area (Å²) in [7, 11) is 0. The SMILES string of the molecule is O=C(O)c1cc(Br)cc(C(=O)N2CCC(C(F)(F)F)CC2)c1. The second kappa shape index (κ2) is 6.28. The summed E-state index contributed by atoms with van der Waals surface area (Å²) in [6.45, 7) is 0.0237. The van der Waals surface area contributed by atoms with Crippen molar-refractivity contribution in [1.29, 1.82) is 0 Å². The summed E-state index contributed by atoms with van der Waals surface area (Å²) in [5.74, 6) is -3.01. The third-order valence-electron chi connectivity index (χ3n) is 3.64. The number of carboxylic acids is 1. The number of nitrogens with zero attached hydrogens (tertiary/aromatic N) is 1. The summed E-state index contributed by atoms with van der Waals surface area (Å²) in [6, 6.07) is 4.05. The van der Waals surface area contributed by atoms with E-state index in [4.69, 9.17) is 5.11 Å². The molecule has 1 aliphatic heterocycles. The highest BCUT2D eigenvalue weighted by atomic mass is 79.9. The molecule has 0 bridgehead atoms. The molecule has 1 N–H and O–H groups in total. The van der Waals surface area contributed by atoms with Crippen molar-refractivity contribution in [3.63, 3.8) is 0 Å². The Morgan fingerprint density at radius 2 is 1.68 bits per heavy atom. The van der Waals surface area contributed by atoms with Crippen molar-refractivity contribution in [3.8, 4) is 0 Å². The lowest BCUT2D eigenvalue weighted by molar-refractivity contribution is -0.183. The highest BCUT2D eigenvalue weighted by Crippen LogP contribution is 2.34. The summed E-state index contributed by atoms with van der Waals surface area (Å²) >= 11 is 3.13. The van der Waals surface area contributed by atoms with Gasteiger partial charge < -0.3 is 10.0 Å². The number of hydrogen-bond acceptors (Lipinski definition) is 2. The van der Waals surface area contributed by atoms with Gasteiger partial charge in [-0.2, -0.15) is 13.2 Å². The molecule has 8 heteroatoms.